The maximum absolute atomic E-state index is 13.2. The van der Waals surface area contributed by atoms with Crippen LogP contribution in [0.1, 0.15) is 51.5 Å². The van der Waals surface area contributed by atoms with Crippen molar-refractivity contribution >= 4 is 23.3 Å². The molecule has 7 heteroatoms. The van der Waals surface area contributed by atoms with Gasteiger partial charge in [-0.05, 0) is 66.1 Å². The number of likely N-dealkylation sites (tertiary alicyclic amines) is 1. The van der Waals surface area contributed by atoms with Crippen LogP contribution in [-0.2, 0) is 24.2 Å². The fraction of sp³-hybridized carbons (Fsp3) is 0.400. The van der Waals surface area contributed by atoms with Crippen molar-refractivity contribution in [1.29, 1.82) is 0 Å². The summed E-state index contributed by atoms with van der Waals surface area (Å²) in [7, 11) is 0. The molecular weight excluding hydrogens is 426 g/mol. The Morgan fingerprint density at radius 3 is 2.78 bits per heavy atom. The summed E-state index contributed by atoms with van der Waals surface area (Å²) in [6, 6.07) is 5.76. The van der Waals surface area contributed by atoms with E-state index < -0.39 is 0 Å². The Morgan fingerprint density at radius 2 is 2.06 bits per heavy atom. The third kappa shape index (κ3) is 3.93. The zero-order valence-electron chi connectivity index (χ0n) is 17.9. The second-order valence-corrected chi connectivity index (χ2v) is 9.40. The fourth-order valence-corrected chi connectivity index (χ4v) is 5.10. The summed E-state index contributed by atoms with van der Waals surface area (Å²) in [5.41, 5.74) is 4.25. The van der Waals surface area contributed by atoms with Crippen LogP contribution < -0.4 is 0 Å². The minimum atomic E-state index is -0.0823. The average molecular weight is 452 g/mol. The molecule has 3 aliphatic rings. The quantitative estimate of drug-likeness (QED) is 0.537. The summed E-state index contributed by atoms with van der Waals surface area (Å²) in [6.45, 7) is 6.56. The van der Waals surface area contributed by atoms with Crippen LogP contribution >= 0.6 is 11.6 Å². The van der Waals surface area contributed by atoms with Gasteiger partial charge in [-0.15, -0.1) is 0 Å². The van der Waals surface area contributed by atoms with Crippen molar-refractivity contribution in [3.63, 3.8) is 0 Å². The van der Waals surface area contributed by atoms with E-state index in [0.717, 1.165) is 62.1 Å². The van der Waals surface area contributed by atoms with Gasteiger partial charge >= 0.3 is 0 Å². The first-order valence-electron chi connectivity index (χ1n) is 11.1. The molecule has 2 aliphatic heterocycles. The third-order valence-corrected chi connectivity index (χ3v) is 7.20. The Balaban J connectivity index is 1.30. The van der Waals surface area contributed by atoms with Crippen molar-refractivity contribution in [3.05, 3.63) is 70.0 Å². The Labute approximate surface area is 192 Å². The molecule has 2 fully saturated rings. The van der Waals surface area contributed by atoms with E-state index >= 15 is 0 Å². The lowest BCUT2D eigenvalue weighted by molar-refractivity contribution is -0.133. The molecule has 0 unspecified atom stereocenters. The van der Waals surface area contributed by atoms with Crippen molar-refractivity contribution < 1.29 is 14.7 Å². The number of aromatic nitrogens is 1. The largest absolute Gasteiger partial charge is 0.508 e. The van der Waals surface area contributed by atoms with E-state index in [9.17, 15) is 14.7 Å². The van der Waals surface area contributed by atoms with Gasteiger partial charge in [0.15, 0.2) is 5.78 Å². The molecular formula is C25H26ClN3O3. The predicted octanol–water partition coefficient (Wildman–Crippen LogP) is 3.50. The van der Waals surface area contributed by atoms with E-state index in [0.29, 0.717) is 28.2 Å². The van der Waals surface area contributed by atoms with Crippen LogP contribution in [0.25, 0.3) is 0 Å². The van der Waals surface area contributed by atoms with Gasteiger partial charge in [0.05, 0.1) is 0 Å². The normalized spacial score (nSPS) is 18.7. The molecule has 6 nitrogen and oxygen atoms in total. The lowest BCUT2D eigenvalue weighted by atomic mass is 9.92. The number of carbonyl (C=O) groups excluding carboxylic acids is 2. The van der Waals surface area contributed by atoms with Gasteiger partial charge in [-0.25, -0.2) is 0 Å². The fourth-order valence-electron chi connectivity index (χ4n) is 4.79. The van der Waals surface area contributed by atoms with Gasteiger partial charge in [-0.2, -0.15) is 0 Å². The molecule has 0 radical (unpaired) electrons. The van der Waals surface area contributed by atoms with Crippen LogP contribution in [0.2, 0.25) is 5.02 Å². The average Bonchev–Trinajstić information content (AvgIpc) is 3.59. The van der Waals surface area contributed by atoms with Crippen molar-refractivity contribution in [2.45, 2.75) is 44.2 Å². The maximum Gasteiger partial charge on any atom is 0.246 e. The number of carbonyl (C=O) groups is 2. The second-order valence-electron chi connectivity index (χ2n) is 9.00. The standard InChI is InChI=1S/C25H26ClN3O3/c1-2-24(32)29-13-18(14-29)28-8-6-19-16(12-28)5-7-27-25(19)23(31)10-17-9-20(15-3-4-15)21(26)11-22(17)30/h2,5,7,9,11,15,18,30H,1,3-4,6,8,10,12-14H2. The summed E-state index contributed by atoms with van der Waals surface area (Å²) >= 11 is 6.29. The van der Waals surface area contributed by atoms with Gasteiger partial charge in [-0.3, -0.25) is 19.5 Å². The van der Waals surface area contributed by atoms with Gasteiger partial charge < -0.3 is 10.0 Å². The van der Waals surface area contributed by atoms with Crippen LogP contribution in [0.4, 0.5) is 0 Å². The highest BCUT2D eigenvalue weighted by Crippen LogP contribution is 2.45. The number of benzene rings is 1. The number of hydrogen-bond acceptors (Lipinski definition) is 5. The summed E-state index contributed by atoms with van der Waals surface area (Å²) in [5, 5.41) is 10.9. The Morgan fingerprint density at radius 1 is 1.28 bits per heavy atom. The maximum atomic E-state index is 13.2. The van der Waals surface area contributed by atoms with Crippen LogP contribution in [-0.4, -0.2) is 57.3 Å². The molecule has 0 spiro atoms. The first-order chi connectivity index (χ1) is 15.4. The molecule has 1 N–H and O–H groups in total. The molecule has 5 rings (SSSR count). The Kier molecular flexibility index (Phi) is 5.51. The monoisotopic (exact) mass is 451 g/mol. The number of amides is 1. The number of phenolic OH excluding ortho intramolecular Hbond substituents is 1. The number of hydrogen-bond donors (Lipinski definition) is 1. The number of halogens is 1. The number of Topliss-reactive ketones (excluding diaryl/α,β-unsaturated/α-hetero) is 1. The summed E-state index contributed by atoms with van der Waals surface area (Å²) in [5.74, 6) is 0.397. The minimum absolute atomic E-state index is 0.0222. The van der Waals surface area contributed by atoms with Gasteiger partial charge in [0.25, 0.3) is 0 Å². The molecule has 3 heterocycles. The predicted molar refractivity (Wildman–Crippen MR) is 122 cm³/mol. The highest BCUT2D eigenvalue weighted by Gasteiger charge is 2.36. The molecule has 166 valence electrons. The number of pyridine rings is 1. The number of rotatable bonds is 6. The van der Waals surface area contributed by atoms with E-state index in [1.165, 1.54) is 6.08 Å². The molecule has 1 amide bonds. The van der Waals surface area contributed by atoms with E-state index in [4.69, 9.17) is 11.6 Å². The van der Waals surface area contributed by atoms with Crippen molar-refractivity contribution in [2.75, 3.05) is 19.6 Å². The molecule has 0 atom stereocenters. The second kappa shape index (κ2) is 8.34. The number of nitrogens with zero attached hydrogens (tertiary/aromatic N) is 3. The lowest BCUT2D eigenvalue weighted by Gasteiger charge is -2.46. The van der Waals surface area contributed by atoms with Gasteiger partial charge in [0.1, 0.15) is 11.4 Å². The Hall–Kier alpha value is -2.70. The summed E-state index contributed by atoms with van der Waals surface area (Å²) < 4.78 is 0. The number of phenols is 1. The third-order valence-electron chi connectivity index (χ3n) is 6.87. The lowest BCUT2D eigenvalue weighted by Crippen LogP contribution is -2.61. The van der Waals surface area contributed by atoms with E-state index in [-0.39, 0.29) is 23.9 Å². The Bertz CT molecular complexity index is 1110. The minimum Gasteiger partial charge on any atom is -0.508 e. The van der Waals surface area contributed by atoms with E-state index in [2.05, 4.69) is 16.5 Å². The van der Waals surface area contributed by atoms with Gasteiger partial charge in [0, 0.05) is 55.4 Å². The molecule has 1 aromatic carbocycles. The molecule has 32 heavy (non-hydrogen) atoms. The summed E-state index contributed by atoms with van der Waals surface area (Å²) in [4.78, 5) is 33.5. The number of fused-ring (bicyclic) bond motifs is 1. The molecule has 1 aromatic heterocycles. The molecule has 1 saturated heterocycles. The highest BCUT2D eigenvalue weighted by atomic mass is 35.5. The van der Waals surface area contributed by atoms with Crippen molar-refractivity contribution in [2.24, 2.45) is 0 Å². The van der Waals surface area contributed by atoms with Crippen LogP contribution in [0.5, 0.6) is 5.75 Å². The van der Waals surface area contributed by atoms with E-state index in [1.54, 1.807) is 17.2 Å². The SMILES string of the molecule is C=CC(=O)N1CC(N2CCc3c(ccnc3C(=O)Cc3cc(C4CC4)c(Cl)cc3O)C2)C1. The van der Waals surface area contributed by atoms with E-state index in [1.807, 2.05) is 12.1 Å². The smallest absolute Gasteiger partial charge is 0.246 e. The van der Waals surface area contributed by atoms with Crippen LogP contribution in [0.3, 0.4) is 0 Å². The molecule has 1 aliphatic carbocycles. The molecule has 2 aromatic rings. The highest BCUT2D eigenvalue weighted by molar-refractivity contribution is 6.31. The molecule has 1 saturated carbocycles. The van der Waals surface area contributed by atoms with Gasteiger partial charge in [-0.1, -0.05) is 18.2 Å². The first-order valence-corrected chi connectivity index (χ1v) is 11.5. The van der Waals surface area contributed by atoms with Crippen LogP contribution in [0.15, 0.2) is 37.1 Å². The zero-order chi connectivity index (χ0) is 22.4. The first kappa shape index (κ1) is 21.2. The molecule has 0 bridgehead atoms. The van der Waals surface area contributed by atoms with Crippen molar-refractivity contribution in [3.8, 4) is 5.75 Å². The summed E-state index contributed by atoms with van der Waals surface area (Å²) in [6.07, 6.45) is 6.11. The van der Waals surface area contributed by atoms with Gasteiger partial charge in [0.2, 0.25) is 5.91 Å². The number of ketones is 1. The van der Waals surface area contributed by atoms with Crippen molar-refractivity contribution in [1.82, 2.24) is 14.8 Å². The van der Waals surface area contributed by atoms with Crippen LogP contribution in [0, 0.1) is 0 Å². The zero-order valence-corrected chi connectivity index (χ0v) is 18.6. The topological polar surface area (TPSA) is 73.7 Å². The number of aromatic hydroxyl groups is 1.